The molecule has 0 unspecified atom stereocenters. The zero-order valence-corrected chi connectivity index (χ0v) is 14.1. The molecule has 1 amide bonds. The SMILES string of the molecule is COc1ncccc1C(=O)N1CCC(Oc2ncccc2Cl)CC1. The van der Waals surface area contributed by atoms with Crippen LogP contribution in [0.3, 0.4) is 0 Å². The van der Waals surface area contributed by atoms with Crippen molar-refractivity contribution < 1.29 is 14.3 Å². The number of likely N-dealkylation sites (tertiary alicyclic amines) is 1. The molecule has 3 heterocycles. The van der Waals surface area contributed by atoms with Crippen LogP contribution in [0.2, 0.25) is 5.02 Å². The summed E-state index contributed by atoms with van der Waals surface area (Å²) in [5.74, 6) is 0.716. The molecule has 3 rings (SSSR count). The summed E-state index contributed by atoms with van der Waals surface area (Å²) in [6.07, 6.45) is 4.70. The van der Waals surface area contributed by atoms with E-state index in [0.29, 0.717) is 35.4 Å². The Morgan fingerprint density at radius 1 is 1.17 bits per heavy atom. The van der Waals surface area contributed by atoms with Gasteiger partial charge in [-0.2, -0.15) is 0 Å². The average molecular weight is 348 g/mol. The average Bonchev–Trinajstić information content (AvgIpc) is 2.63. The second-order valence-electron chi connectivity index (χ2n) is 5.46. The number of carbonyl (C=O) groups is 1. The minimum atomic E-state index is -0.0748. The van der Waals surface area contributed by atoms with Gasteiger partial charge in [0.15, 0.2) is 0 Å². The Hall–Kier alpha value is -2.34. The van der Waals surface area contributed by atoms with Gasteiger partial charge in [0.05, 0.1) is 7.11 Å². The molecular weight excluding hydrogens is 330 g/mol. The Morgan fingerprint density at radius 2 is 1.83 bits per heavy atom. The van der Waals surface area contributed by atoms with Gasteiger partial charge in [0.2, 0.25) is 11.8 Å². The molecule has 2 aromatic rings. The minimum absolute atomic E-state index is 0.00255. The van der Waals surface area contributed by atoms with E-state index in [0.717, 1.165) is 12.8 Å². The number of rotatable bonds is 4. The maximum Gasteiger partial charge on any atom is 0.259 e. The van der Waals surface area contributed by atoms with Gasteiger partial charge in [-0.25, -0.2) is 9.97 Å². The zero-order chi connectivity index (χ0) is 16.9. The summed E-state index contributed by atoms with van der Waals surface area (Å²) in [7, 11) is 1.51. The number of pyridine rings is 2. The molecule has 0 saturated carbocycles. The topological polar surface area (TPSA) is 64.5 Å². The van der Waals surface area contributed by atoms with Gasteiger partial charge in [-0.3, -0.25) is 4.79 Å². The monoisotopic (exact) mass is 347 g/mol. The highest BCUT2D eigenvalue weighted by Crippen LogP contribution is 2.25. The molecule has 0 spiro atoms. The number of hydrogen-bond acceptors (Lipinski definition) is 5. The fraction of sp³-hybridized carbons (Fsp3) is 0.353. The second-order valence-corrected chi connectivity index (χ2v) is 5.87. The lowest BCUT2D eigenvalue weighted by atomic mass is 10.1. The van der Waals surface area contributed by atoms with Crippen molar-refractivity contribution in [1.82, 2.24) is 14.9 Å². The van der Waals surface area contributed by atoms with Gasteiger partial charge < -0.3 is 14.4 Å². The molecule has 1 saturated heterocycles. The van der Waals surface area contributed by atoms with Gasteiger partial charge in [-0.15, -0.1) is 0 Å². The molecule has 126 valence electrons. The van der Waals surface area contributed by atoms with Crippen LogP contribution in [-0.4, -0.2) is 47.1 Å². The summed E-state index contributed by atoms with van der Waals surface area (Å²) >= 11 is 6.06. The molecular formula is C17H18ClN3O3. The fourth-order valence-electron chi connectivity index (χ4n) is 2.68. The number of nitrogens with zero attached hydrogens (tertiary/aromatic N) is 3. The quantitative estimate of drug-likeness (QED) is 0.851. The summed E-state index contributed by atoms with van der Waals surface area (Å²) in [5, 5.41) is 0.496. The number of methoxy groups -OCH3 is 1. The van der Waals surface area contributed by atoms with E-state index in [1.54, 1.807) is 41.6 Å². The molecule has 2 aromatic heterocycles. The number of ether oxygens (including phenoxy) is 2. The highest BCUT2D eigenvalue weighted by molar-refractivity contribution is 6.31. The van der Waals surface area contributed by atoms with Gasteiger partial charge in [0.25, 0.3) is 5.91 Å². The van der Waals surface area contributed by atoms with Crippen LogP contribution in [0.15, 0.2) is 36.7 Å². The predicted molar refractivity (Wildman–Crippen MR) is 89.6 cm³/mol. The molecule has 0 aromatic carbocycles. The number of carbonyl (C=O) groups excluding carboxylic acids is 1. The Kier molecular flexibility index (Phi) is 5.15. The Balaban J connectivity index is 1.61. The Labute approximate surface area is 145 Å². The molecule has 0 aliphatic carbocycles. The van der Waals surface area contributed by atoms with E-state index in [2.05, 4.69) is 9.97 Å². The van der Waals surface area contributed by atoms with Gasteiger partial charge in [0.1, 0.15) is 16.7 Å². The smallest absolute Gasteiger partial charge is 0.259 e. The molecule has 7 heteroatoms. The van der Waals surface area contributed by atoms with Gasteiger partial charge >= 0.3 is 0 Å². The number of aromatic nitrogens is 2. The van der Waals surface area contributed by atoms with Gasteiger partial charge in [0, 0.05) is 38.3 Å². The lowest BCUT2D eigenvalue weighted by Crippen LogP contribution is -2.42. The minimum Gasteiger partial charge on any atom is -0.480 e. The summed E-state index contributed by atoms with van der Waals surface area (Å²) < 4.78 is 11.0. The van der Waals surface area contributed by atoms with E-state index in [-0.39, 0.29) is 12.0 Å². The molecule has 24 heavy (non-hydrogen) atoms. The summed E-state index contributed by atoms with van der Waals surface area (Å²) in [4.78, 5) is 22.6. The van der Waals surface area contributed by atoms with E-state index >= 15 is 0 Å². The third-order valence-electron chi connectivity index (χ3n) is 3.93. The van der Waals surface area contributed by atoms with E-state index in [1.807, 2.05) is 0 Å². The number of amides is 1. The van der Waals surface area contributed by atoms with E-state index in [1.165, 1.54) is 7.11 Å². The first-order valence-corrected chi connectivity index (χ1v) is 8.12. The van der Waals surface area contributed by atoms with Crippen LogP contribution in [0.1, 0.15) is 23.2 Å². The largest absolute Gasteiger partial charge is 0.480 e. The van der Waals surface area contributed by atoms with Crippen molar-refractivity contribution >= 4 is 17.5 Å². The molecule has 1 fully saturated rings. The van der Waals surface area contributed by atoms with Crippen LogP contribution < -0.4 is 9.47 Å². The highest BCUT2D eigenvalue weighted by Gasteiger charge is 2.27. The van der Waals surface area contributed by atoms with Crippen LogP contribution in [0, 0.1) is 0 Å². The van der Waals surface area contributed by atoms with Crippen LogP contribution in [-0.2, 0) is 0 Å². The fourth-order valence-corrected chi connectivity index (χ4v) is 2.85. The third-order valence-corrected chi connectivity index (χ3v) is 4.21. The molecule has 0 bridgehead atoms. The maximum absolute atomic E-state index is 12.6. The normalized spacial score (nSPS) is 15.2. The third kappa shape index (κ3) is 3.59. The molecule has 1 aliphatic rings. The number of hydrogen-bond donors (Lipinski definition) is 0. The summed E-state index contributed by atoms with van der Waals surface area (Å²) in [6.45, 7) is 1.21. The van der Waals surface area contributed by atoms with E-state index < -0.39 is 0 Å². The van der Waals surface area contributed by atoms with E-state index in [9.17, 15) is 4.79 Å². The summed E-state index contributed by atoms with van der Waals surface area (Å²) in [6, 6.07) is 6.97. The van der Waals surface area contributed by atoms with Crippen LogP contribution in [0.4, 0.5) is 0 Å². The second kappa shape index (κ2) is 7.49. The van der Waals surface area contributed by atoms with Crippen molar-refractivity contribution in [1.29, 1.82) is 0 Å². The van der Waals surface area contributed by atoms with Crippen LogP contribution in [0.25, 0.3) is 0 Å². The zero-order valence-electron chi connectivity index (χ0n) is 13.3. The van der Waals surface area contributed by atoms with Gasteiger partial charge in [-0.05, 0) is 24.3 Å². The first kappa shape index (κ1) is 16.5. The first-order valence-electron chi connectivity index (χ1n) is 7.74. The summed E-state index contributed by atoms with van der Waals surface area (Å²) in [5.41, 5.74) is 0.479. The predicted octanol–water partition coefficient (Wildman–Crippen LogP) is 2.82. The number of piperidine rings is 1. The van der Waals surface area contributed by atoms with Crippen molar-refractivity contribution in [2.24, 2.45) is 0 Å². The van der Waals surface area contributed by atoms with Gasteiger partial charge in [-0.1, -0.05) is 11.6 Å². The van der Waals surface area contributed by atoms with Crippen LogP contribution >= 0.6 is 11.6 Å². The Bertz CT molecular complexity index is 718. The molecule has 1 aliphatic heterocycles. The lowest BCUT2D eigenvalue weighted by molar-refractivity contribution is 0.0584. The Morgan fingerprint density at radius 3 is 2.50 bits per heavy atom. The van der Waals surface area contributed by atoms with Crippen molar-refractivity contribution in [2.75, 3.05) is 20.2 Å². The van der Waals surface area contributed by atoms with Crippen molar-refractivity contribution in [2.45, 2.75) is 18.9 Å². The molecule has 0 N–H and O–H groups in total. The van der Waals surface area contributed by atoms with Crippen molar-refractivity contribution in [3.05, 3.63) is 47.2 Å². The molecule has 6 nitrogen and oxygen atoms in total. The maximum atomic E-state index is 12.6. The van der Waals surface area contributed by atoms with Crippen LogP contribution in [0.5, 0.6) is 11.8 Å². The standard InChI is InChI=1S/C17H18ClN3O3/c1-23-15-13(4-2-8-19-15)17(22)21-10-6-12(7-11-21)24-16-14(18)5-3-9-20-16/h2-5,8-9,12H,6-7,10-11H2,1H3. The molecule has 0 atom stereocenters. The van der Waals surface area contributed by atoms with Crippen molar-refractivity contribution in [3.8, 4) is 11.8 Å². The molecule has 0 radical (unpaired) electrons. The first-order chi connectivity index (χ1) is 11.7. The lowest BCUT2D eigenvalue weighted by Gasteiger charge is -2.32. The highest BCUT2D eigenvalue weighted by atomic mass is 35.5. The number of halogens is 1. The van der Waals surface area contributed by atoms with E-state index in [4.69, 9.17) is 21.1 Å². The van der Waals surface area contributed by atoms with Crippen molar-refractivity contribution in [3.63, 3.8) is 0 Å².